The number of aromatic nitrogens is 1. The number of oxazole rings is 1. The molecule has 3 heterocycles. The molecular formula is C21H27N3O4S. The maximum absolute atomic E-state index is 12.4. The monoisotopic (exact) mass is 417 g/mol. The average Bonchev–Trinajstić information content (AvgIpc) is 3.43. The SMILES string of the molecule is O=C(CCCc1ncc(-c2ccccc2)o1)NC1CS(=O)(=O)CC1N1CCCC1. The van der Waals surface area contributed by atoms with Gasteiger partial charge in [-0.1, -0.05) is 30.3 Å². The van der Waals surface area contributed by atoms with Crippen LogP contribution in [0.25, 0.3) is 11.3 Å². The summed E-state index contributed by atoms with van der Waals surface area (Å²) in [7, 11) is -3.10. The number of rotatable bonds is 7. The molecule has 2 fully saturated rings. The summed E-state index contributed by atoms with van der Waals surface area (Å²) in [5, 5.41) is 2.97. The number of likely N-dealkylation sites (tertiary alicyclic amines) is 1. The Kier molecular flexibility index (Phi) is 6.01. The smallest absolute Gasteiger partial charge is 0.220 e. The van der Waals surface area contributed by atoms with Crippen LogP contribution < -0.4 is 5.32 Å². The third-order valence-electron chi connectivity index (χ3n) is 5.69. The van der Waals surface area contributed by atoms with Gasteiger partial charge in [0.25, 0.3) is 0 Å². The normalized spacial score (nSPS) is 24.0. The van der Waals surface area contributed by atoms with E-state index in [1.54, 1.807) is 6.20 Å². The zero-order valence-corrected chi connectivity index (χ0v) is 17.2. The highest BCUT2D eigenvalue weighted by atomic mass is 32.2. The topological polar surface area (TPSA) is 92.5 Å². The van der Waals surface area contributed by atoms with Gasteiger partial charge in [0.2, 0.25) is 5.91 Å². The van der Waals surface area contributed by atoms with Gasteiger partial charge >= 0.3 is 0 Å². The van der Waals surface area contributed by atoms with Crippen molar-refractivity contribution in [2.75, 3.05) is 24.6 Å². The van der Waals surface area contributed by atoms with Crippen LogP contribution in [0.3, 0.4) is 0 Å². The number of aryl methyl sites for hydroxylation is 1. The molecule has 2 unspecified atom stereocenters. The van der Waals surface area contributed by atoms with E-state index in [0.29, 0.717) is 25.2 Å². The minimum Gasteiger partial charge on any atom is -0.441 e. The standard InChI is InChI=1S/C21H27N3O4S/c25-20(23-17-14-29(26,27)15-18(17)24-11-4-5-12-24)9-6-10-21-22-13-19(28-21)16-7-2-1-3-8-16/h1-3,7-8,13,17-18H,4-6,9-12,14-15H2,(H,23,25). The number of benzene rings is 1. The van der Waals surface area contributed by atoms with Gasteiger partial charge in [-0.3, -0.25) is 9.69 Å². The van der Waals surface area contributed by atoms with E-state index in [1.165, 1.54) is 0 Å². The van der Waals surface area contributed by atoms with Crippen LogP contribution >= 0.6 is 0 Å². The first-order chi connectivity index (χ1) is 14.0. The molecule has 1 aromatic carbocycles. The number of nitrogens with one attached hydrogen (secondary N) is 1. The minimum atomic E-state index is -3.10. The first-order valence-electron chi connectivity index (χ1n) is 10.2. The van der Waals surface area contributed by atoms with Gasteiger partial charge in [0.05, 0.1) is 23.7 Å². The summed E-state index contributed by atoms with van der Waals surface area (Å²) in [6, 6.07) is 9.36. The molecule has 0 radical (unpaired) electrons. The number of nitrogens with zero attached hydrogens (tertiary/aromatic N) is 2. The van der Waals surface area contributed by atoms with E-state index in [-0.39, 0.29) is 29.5 Å². The first kappa shape index (κ1) is 20.1. The Bertz CT molecular complexity index is 936. The minimum absolute atomic E-state index is 0.0417. The molecule has 2 aromatic rings. The van der Waals surface area contributed by atoms with Gasteiger partial charge in [0.15, 0.2) is 21.5 Å². The van der Waals surface area contributed by atoms with Crippen LogP contribution in [0.2, 0.25) is 0 Å². The van der Waals surface area contributed by atoms with E-state index in [4.69, 9.17) is 4.42 Å². The largest absolute Gasteiger partial charge is 0.441 e. The molecule has 7 nitrogen and oxygen atoms in total. The molecule has 1 amide bonds. The zero-order chi connectivity index (χ0) is 20.3. The lowest BCUT2D eigenvalue weighted by atomic mass is 10.1. The Labute approximate surface area is 171 Å². The second kappa shape index (κ2) is 8.67. The number of amides is 1. The molecule has 29 heavy (non-hydrogen) atoms. The molecule has 1 aromatic heterocycles. The van der Waals surface area contributed by atoms with Crippen LogP contribution in [-0.4, -0.2) is 60.9 Å². The van der Waals surface area contributed by atoms with Crippen molar-refractivity contribution >= 4 is 15.7 Å². The Morgan fingerprint density at radius 2 is 1.93 bits per heavy atom. The molecule has 0 bridgehead atoms. The van der Waals surface area contributed by atoms with Crippen LogP contribution in [0, 0.1) is 0 Å². The maximum atomic E-state index is 12.4. The molecule has 8 heteroatoms. The third-order valence-corrected chi connectivity index (χ3v) is 7.40. The van der Waals surface area contributed by atoms with Gasteiger partial charge in [-0.2, -0.15) is 0 Å². The molecule has 1 N–H and O–H groups in total. The first-order valence-corrected chi connectivity index (χ1v) is 12.1. The molecule has 4 rings (SSSR count). The van der Waals surface area contributed by atoms with E-state index < -0.39 is 9.84 Å². The fraction of sp³-hybridized carbons (Fsp3) is 0.524. The third kappa shape index (κ3) is 5.05. The van der Waals surface area contributed by atoms with Crippen LogP contribution in [0.4, 0.5) is 0 Å². The molecule has 0 aliphatic carbocycles. The summed E-state index contributed by atoms with van der Waals surface area (Å²) in [4.78, 5) is 18.9. The highest BCUT2D eigenvalue weighted by Gasteiger charge is 2.42. The number of carbonyl (C=O) groups excluding carboxylic acids is 1. The summed E-state index contributed by atoms with van der Waals surface area (Å²) in [6.45, 7) is 1.83. The lowest BCUT2D eigenvalue weighted by Crippen LogP contribution is -2.50. The molecule has 2 aliphatic rings. The van der Waals surface area contributed by atoms with Crippen molar-refractivity contribution in [1.82, 2.24) is 15.2 Å². The van der Waals surface area contributed by atoms with Gasteiger partial charge in [0, 0.05) is 24.4 Å². The summed E-state index contributed by atoms with van der Waals surface area (Å²) in [5.41, 5.74) is 0.972. The summed E-state index contributed by atoms with van der Waals surface area (Å²) >= 11 is 0. The van der Waals surface area contributed by atoms with Crippen molar-refractivity contribution < 1.29 is 17.6 Å². The van der Waals surface area contributed by atoms with Gasteiger partial charge < -0.3 is 9.73 Å². The van der Waals surface area contributed by atoms with Crippen molar-refractivity contribution in [3.8, 4) is 11.3 Å². The zero-order valence-electron chi connectivity index (χ0n) is 16.4. The Balaban J connectivity index is 1.27. The predicted octanol–water partition coefficient (Wildman–Crippen LogP) is 2.04. The van der Waals surface area contributed by atoms with Crippen molar-refractivity contribution in [2.24, 2.45) is 0 Å². The van der Waals surface area contributed by atoms with Crippen molar-refractivity contribution in [3.63, 3.8) is 0 Å². The summed E-state index contributed by atoms with van der Waals surface area (Å²) in [5.74, 6) is 1.41. The van der Waals surface area contributed by atoms with E-state index >= 15 is 0 Å². The van der Waals surface area contributed by atoms with Crippen molar-refractivity contribution in [3.05, 3.63) is 42.4 Å². The van der Waals surface area contributed by atoms with Crippen LogP contribution in [-0.2, 0) is 21.1 Å². The predicted molar refractivity (Wildman–Crippen MR) is 110 cm³/mol. The van der Waals surface area contributed by atoms with E-state index in [9.17, 15) is 13.2 Å². The van der Waals surface area contributed by atoms with E-state index in [2.05, 4.69) is 15.2 Å². The van der Waals surface area contributed by atoms with Gasteiger partial charge in [0.1, 0.15) is 0 Å². The fourth-order valence-corrected chi connectivity index (χ4v) is 6.19. The highest BCUT2D eigenvalue weighted by Crippen LogP contribution is 2.23. The quantitative estimate of drug-likeness (QED) is 0.741. The van der Waals surface area contributed by atoms with Crippen LogP contribution in [0.15, 0.2) is 40.9 Å². The van der Waals surface area contributed by atoms with E-state index in [1.807, 2.05) is 30.3 Å². The molecule has 0 spiro atoms. The number of hydrogen-bond donors (Lipinski definition) is 1. The van der Waals surface area contributed by atoms with Crippen LogP contribution in [0.1, 0.15) is 31.6 Å². The van der Waals surface area contributed by atoms with Crippen molar-refractivity contribution in [2.45, 2.75) is 44.2 Å². The Hall–Kier alpha value is -2.19. The molecular weight excluding hydrogens is 390 g/mol. The van der Waals surface area contributed by atoms with Crippen LogP contribution in [0.5, 0.6) is 0 Å². The highest BCUT2D eigenvalue weighted by molar-refractivity contribution is 7.91. The summed E-state index contributed by atoms with van der Waals surface area (Å²) < 4.78 is 30.0. The van der Waals surface area contributed by atoms with Gasteiger partial charge in [-0.25, -0.2) is 13.4 Å². The number of sulfone groups is 1. The molecule has 2 atom stereocenters. The van der Waals surface area contributed by atoms with E-state index in [0.717, 1.165) is 37.3 Å². The molecule has 0 saturated carbocycles. The lowest BCUT2D eigenvalue weighted by molar-refractivity contribution is -0.122. The average molecular weight is 418 g/mol. The Morgan fingerprint density at radius 3 is 2.69 bits per heavy atom. The maximum Gasteiger partial charge on any atom is 0.220 e. The molecule has 2 aliphatic heterocycles. The molecule has 2 saturated heterocycles. The summed E-state index contributed by atoms with van der Waals surface area (Å²) in [6.07, 6.45) is 5.39. The van der Waals surface area contributed by atoms with Gasteiger partial charge in [-0.15, -0.1) is 0 Å². The fourth-order valence-electron chi connectivity index (χ4n) is 4.24. The number of carbonyl (C=O) groups is 1. The molecule has 156 valence electrons. The number of hydrogen-bond acceptors (Lipinski definition) is 6. The van der Waals surface area contributed by atoms with Crippen molar-refractivity contribution in [1.29, 1.82) is 0 Å². The van der Waals surface area contributed by atoms with Gasteiger partial charge in [-0.05, 0) is 32.4 Å². The second-order valence-electron chi connectivity index (χ2n) is 7.90. The lowest BCUT2D eigenvalue weighted by Gasteiger charge is -2.28. The Morgan fingerprint density at radius 1 is 1.17 bits per heavy atom. The second-order valence-corrected chi connectivity index (χ2v) is 10.1.